The fraction of sp³-hybridized carbons (Fsp3) is 0.500. The lowest BCUT2D eigenvalue weighted by molar-refractivity contribution is -0.127. The lowest BCUT2D eigenvalue weighted by atomic mass is 10.0. The molecule has 1 atom stereocenters. The smallest absolute Gasteiger partial charge is 0.270 e. The molecule has 0 spiro atoms. The Balaban J connectivity index is 1.74. The molecule has 0 aromatic carbocycles. The Morgan fingerprint density at radius 2 is 1.69 bits per heavy atom. The summed E-state index contributed by atoms with van der Waals surface area (Å²) in [7, 11) is 0. The maximum Gasteiger partial charge on any atom is 0.270 e. The molecule has 3 amide bonds. The Hall–Kier alpha value is -3.01. The summed E-state index contributed by atoms with van der Waals surface area (Å²) in [4.78, 5) is 44.9. The number of nitrogens with zero attached hydrogens (tertiary/aromatic N) is 3. The van der Waals surface area contributed by atoms with Crippen molar-refractivity contribution in [2.24, 2.45) is 5.73 Å². The maximum atomic E-state index is 13.8. The van der Waals surface area contributed by atoms with Crippen LogP contribution in [0.25, 0.3) is 0 Å². The van der Waals surface area contributed by atoms with Crippen LogP contribution in [0.3, 0.4) is 0 Å². The number of amides is 3. The van der Waals surface area contributed by atoms with E-state index in [4.69, 9.17) is 11.5 Å². The van der Waals surface area contributed by atoms with Crippen molar-refractivity contribution in [2.75, 3.05) is 5.73 Å². The Kier molecular flexibility index (Phi) is 6.69. The first-order valence-electron chi connectivity index (χ1n) is 11.0. The highest BCUT2D eigenvalue weighted by molar-refractivity contribution is 7.09. The zero-order chi connectivity index (χ0) is 22.7. The standard InChI is InChI=1S/C22H28N6O3S/c23-16-17(20(24)29)27-32-19(16)22(31)28(15-7-3-4-8-15)18(13-9-11-25-12-10-13)21(30)26-14-5-1-2-6-14/h9-12,14-15,18H,1-8,23H2,(H2,24,29)(H,26,30). The highest BCUT2D eigenvalue weighted by Crippen LogP contribution is 2.35. The van der Waals surface area contributed by atoms with Crippen LogP contribution in [0.2, 0.25) is 0 Å². The number of hydrogen-bond donors (Lipinski definition) is 3. The number of aromatic nitrogens is 2. The van der Waals surface area contributed by atoms with Crippen molar-refractivity contribution in [3.63, 3.8) is 0 Å². The van der Waals surface area contributed by atoms with Crippen molar-refractivity contribution in [1.82, 2.24) is 19.6 Å². The average Bonchev–Trinajstić information content (AvgIpc) is 3.54. The van der Waals surface area contributed by atoms with E-state index in [-0.39, 0.29) is 34.2 Å². The predicted octanol–water partition coefficient (Wildman–Crippen LogP) is 2.40. The third-order valence-electron chi connectivity index (χ3n) is 6.36. The molecular formula is C22H28N6O3S. The second-order valence-electron chi connectivity index (χ2n) is 8.46. The van der Waals surface area contributed by atoms with Crippen LogP contribution in [0.4, 0.5) is 5.69 Å². The van der Waals surface area contributed by atoms with E-state index in [9.17, 15) is 14.4 Å². The number of primary amides is 1. The van der Waals surface area contributed by atoms with Crippen molar-refractivity contribution in [3.8, 4) is 0 Å². The lowest BCUT2D eigenvalue weighted by Crippen LogP contribution is -2.49. The van der Waals surface area contributed by atoms with E-state index in [1.165, 1.54) is 0 Å². The first-order valence-corrected chi connectivity index (χ1v) is 11.8. The van der Waals surface area contributed by atoms with Gasteiger partial charge in [0.1, 0.15) is 10.9 Å². The molecule has 2 aliphatic carbocycles. The number of carbonyl (C=O) groups is 3. The monoisotopic (exact) mass is 456 g/mol. The predicted molar refractivity (Wildman–Crippen MR) is 121 cm³/mol. The van der Waals surface area contributed by atoms with Crippen LogP contribution in [-0.4, -0.2) is 44.1 Å². The minimum atomic E-state index is -0.826. The molecule has 5 N–H and O–H groups in total. The molecule has 0 bridgehead atoms. The summed E-state index contributed by atoms with van der Waals surface area (Å²) in [6, 6.07) is 2.70. The van der Waals surface area contributed by atoms with Crippen LogP contribution in [0.15, 0.2) is 24.5 Å². The molecule has 9 nitrogen and oxygen atoms in total. The second-order valence-corrected chi connectivity index (χ2v) is 9.24. The van der Waals surface area contributed by atoms with Gasteiger partial charge in [0.25, 0.3) is 11.8 Å². The molecule has 2 fully saturated rings. The molecule has 10 heteroatoms. The fourth-order valence-corrected chi connectivity index (χ4v) is 5.51. The van der Waals surface area contributed by atoms with Crippen LogP contribution in [0.1, 0.15) is 83.1 Å². The van der Waals surface area contributed by atoms with Crippen LogP contribution >= 0.6 is 11.5 Å². The molecule has 2 saturated carbocycles. The van der Waals surface area contributed by atoms with E-state index in [0.717, 1.165) is 62.9 Å². The van der Waals surface area contributed by atoms with Crippen molar-refractivity contribution in [3.05, 3.63) is 40.7 Å². The molecule has 0 aliphatic heterocycles. The van der Waals surface area contributed by atoms with Crippen molar-refractivity contribution in [1.29, 1.82) is 0 Å². The normalized spacial score (nSPS) is 17.9. The van der Waals surface area contributed by atoms with Gasteiger partial charge in [-0.25, -0.2) is 0 Å². The molecule has 170 valence electrons. The van der Waals surface area contributed by atoms with E-state index in [0.29, 0.717) is 5.56 Å². The Labute approximate surface area is 190 Å². The van der Waals surface area contributed by atoms with Gasteiger partial charge in [0.15, 0.2) is 5.69 Å². The summed E-state index contributed by atoms with van der Waals surface area (Å²) >= 11 is 0.846. The van der Waals surface area contributed by atoms with Crippen molar-refractivity contribution in [2.45, 2.75) is 69.5 Å². The van der Waals surface area contributed by atoms with Crippen LogP contribution in [0, 0.1) is 0 Å². The van der Waals surface area contributed by atoms with Gasteiger partial charge in [-0.2, -0.15) is 4.37 Å². The number of rotatable bonds is 7. The number of nitrogen functional groups attached to an aromatic ring is 1. The first kappa shape index (κ1) is 22.2. The zero-order valence-corrected chi connectivity index (χ0v) is 18.6. The van der Waals surface area contributed by atoms with Gasteiger partial charge in [0, 0.05) is 24.5 Å². The molecule has 2 aromatic rings. The van der Waals surface area contributed by atoms with E-state index in [1.54, 1.807) is 29.4 Å². The Morgan fingerprint density at radius 1 is 1.06 bits per heavy atom. The minimum Gasteiger partial charge on any atom is -0.395 e. The third-order valence-corrected chi connectivity index (χ3v) is 7.21. The fourth-order valence-electron chi connectivity index (χ4n) is 4.76. The number of pyridine rings is 1. The highest BCUT2D eigenvalue weighted by atomic mass is 32.1. The van der Waals surface area contributed by atoms with Crippen LogP contribution < -0.4 is 16.8 Å². The third kappa shape index (κ3) is 4.45. The summed E-state index contributed by atoms with van der Waals surface area (Å²) in [5.74, 6) is -1.39. The number of carbonyl (C=O) groups excluding carboxylic acids is 3. The molecule has 2 aliphatic rings. The second kappa shape index (κ2) is 9.64. The van der Waals surface area contributed by atoms with Crippen molar-refractivity contribution >= 4 is 34.9 Å². The van der Waals surface area contributed by atoms with Crippen LogP contribution in [0.5, 0.6) is 0 Å². The molecule has 1 unspecified atom stereocenters. The molecule has 4 rings (SSSR count). The first-order chi connectivity index (χ1) is 15.5. The lowest BCUT2D eigenvalue weighted by Gasteiger charge is -2.36. The van der Waals surface area contributed by atoms with Gasteiger partial charge in [-0.05, 0) is 54.9 Å². The van der Waals surface area contributed by atoms with Gasteiger partial charge in [0.05, 0.1) is 5.69 Å². The molecule has 0 saturated heterocycles. The average molecular weight is 457 g/mol. The molecule has 2 heterocycles. The van der Waals surface area contributed by atoms with Gasteiger partial charge in [0.2, 0.25) is 5.91 Å². The highest BCUT2D eigenvalue weighted by Gasteiger charge is 2.40. The maximum absolute atomic E-state index is 13.8. The largest absolute Gasteiger partial charge is 0.395 e. The number of anilines is 1. The Morgan fingerprint density at radius 3 is 2.28 bits per heavy atom. The zero-order valence-electron chi connectivity index (χ0n) is 17.8. The van der Waals surface area contributed by atoms with E-state index < -0.39 is 17.9 Å². The summed E-state index contributed by atoms with van der Waals surface area (Å²) in [5, 5.41) is 3.15. The summed E-state index contributed by atoms with van der Waals surface area (Å²) < 4.78 is 3.99. The van der Waals surface area contributed by atoms with E-state index in [1.807, 2.05) is 0 Å². The number of nitrogens with one attached hydrogen (secondary N) is 1. The number of hydrogen-bond acceptors (Lipinski definition) is 7. The molecule has 2 aromatic heterocycles. The SMILES string of the molecule is NC(=O)c1nsc(C(=O)N(C2CCCC2)C(C(=O)NC2CCCC2)c2ccncc2)c1N. The van der Waals surface area contributed by atoms with E-state index >= 15 is 0 Å². The Bertz CT molecular complexity index is 983. The topological polar surface area (TPSA) is 144 Å². The summed E-state index contributed by atoms with van der Waals surface area (Å²) in [6.07, 6.45) is 10.8. The quantitative estimate of drug-likeness (QED) is 0.583. The van der Waals surface area contributed by atoms with Gasteiger partial charge in [-0.1, -0.05) is 25.7 Å². The van der Waals surface area contributed by atoms with Gasteiger partial charge in [-0.15, -0.1) is 0 Å². The number of nitrogens with two attached hydrogens (primary N) is 2. The molecular weight excluding hydrogens is 428 g/mol. The summed E-state index contributed by atoms with van der Waals surface area (Å²) in [5.41, 5.74) is 12.0. The van der Waals surface area contributed by atoms with Gasteiger partial charge in [-0.3, -0.25) is 19.4 Å². The van der Waals surface area contributed by atoms with Crippen LogP contribution in [-0.2, 0) is 4.79 Å². The van der Waals surface area contributed by atoms with Gasteiger partial charge >= 0.3 is 0 Å². The molecule has 32 heavy (non-hydrogen) atoms. The van der Waals surface area contributed by atoms with Gasteiger partial charge < -0.3 is 21.7 Å². The minimum absolute atomic E-state index is 0.0276. The summed E-state index contributed by atoms with van der Waals surface area (Å²) in [6.45, 7) is 0. The van der Waals surface area contributed by atoms with E-state index in [2.05, 4.69) is 14.7 Å². The van der Waals surface area contributed by atoms with Crippen molar-refractivity contribution < 1.29 is 14.4 Å². The molecule has 0 radical (unpaired) electrons.